The highest BCUT2D eigenvalue weighted by molar-refractivity contribution is 6.30. The summed E-state index contributed by atoms with van der Waals surface area (Å²) in [5.41, 5.74) is 5.08. The van der Waals surface area contributed by atoms with Gasteiger partial charge in [0.15, 0.2) is 0 Å². The molecule has 0 radical (unpaired) electrons. The number of aromatic amines is 1. The van der Waals surface area contributed by atoms with Gasteiger partial charge in [-0.25, -0.2) is 0 Å². The van der Waals surface area contributed by atoms with Crippen LogP contribution in [0.25, 0.3) is 0 Å². The predicted molar refractivity (Wildman–Crippen MR) is 143 cm³/mol. The van der Waals surface area contributed by atoms with E-state index in [2.05, 4.69) is 21.6 Å². The number of rotatable bonds is 6. The molecule has 0 unspecified atom stereocenters. The molecule has 37 heavy (non-hydrogen) atoms. The van der Waals surface area contributed by atoms with Crippen LogP contribution in [0.15, 0.2) is 78.9 Å². The number of carbonyl (C=O) groups excluding carboxylic acids is 2. The largest absolute Gasteiger partial charge is 0.307 e. The summed E-state index contributed by atoms with van der Waals surface area (Å²) in [4.78, 5) is 28.8. The van der Waals surface area contributed by atoms with Crippen LogP contribution in [0.5, 0.6) is 0 Å². The van der Waals surface area contributed by atoms with Crippen LogP contribution in [0.1, 0.15) is 63.8 Å². The Hall–Kier alpha value is -3.90. The molecular weight excluding hydrogens is 484 g/mol. The maximum atomic E-state index is 13.9. The minimum absolute atomic E-state index is 0.119. The molecule has 7 heteroatoms. The monoisotopic (exact) mass is 508 g/mol. The summed E-state index contributed by atoms with van der Waals surface area (Å²) in [6.45, 7) is 0.405. The molecule has 6 nitrogen and oxygen atoms in total. The molecule has 3 aliphatic rings. The second-order valence-electron chi connectivity index (χ2n) is 10.3. The van der Waals surface area contributed by atoms with Crippen molar-refractivity contribution in [2.45, 2.75) is 43.1 Å². The fraction of sp³-hybridized carbons (Fsp3) is 0.233. The zero-order chi connectivity index (χ0) is 25.1. The van der Waals surface area contributed by atoms with E-state index < -0.39 is 5.41 Å². The third-order valence-corrected chi connectivity index (χ3v) is 8.16. The molecule has 1 aromatic heterocycles. The molecule has 4 aromatic rings. The van der Waals surface area contributed by atoms with Crippen molar-refractivity contribution < 1.29 is 9.59 Å². The standard InChI is InChI=1S/C30H25ClN4O2/c31-22-12-10-19(11-13-22)24-16-30(24)23-6-1-2-7-26(23)35(29(30)37)17-18-4-3-5-21(14-18)28(36)32-27-15-25(33-34-27)20-8-9-20/h1-7,10-15,20,24H,8-9,16-17H2,(H2,32,33,34,36)/t24-,30-/m0/s1. The SMILES string of the molecule is O=C(Nc1cc(C2CC2)n[nH]1)c1cccc(CN2C(=O)[C@@]3(C[C@H]3c3ccc(Cl)cc3)c3ccccc32)c1. The molecule has 1 aliphatic heterocycles. The number of aromatic nitrogens is 2. The van der Waals surface area contributed by atoms with Crippen molar-refractivity contribution in [2.75, 3.05) is 10.2 Å². The summed E-state index contributed by atoms with van der Waals surface area (Å²) >= 11 is 6.10. The van der Waals surface area contributed by atoms with Gasteiger partial charge in [0.25, 0.3) is 5.91 Å². The van der Waals surface area contributed by atoms with Crippen LogP contribution in [0.2, 0.25) is 5.02 Å². The van der Waals surface area contributed by atoms with E-state index in [1.54, 1.807) is 6.07 Å². The molecule has 184 valence electrons. The number of fused-ring (bicyclic) bond motifs is 2. The fourth-order valence-electron chi connectivity index (χ4n) is 5.78. The van der Waals surface area contributed by atoms with Crippen molar-refractivity contribution in [3.63, 3.8) is 0 Å². The lowest BCUT2D eigenvalue weighted by Gasteiger charge is -2.19. The van der Waals surface area contributed by atoms with Crippen molar-refractivity contribution in [1.29, 1.82) is 0 Å². The molecular formula is C30H25ClN4O2. The lowest BCUT2D eigenvalue weighted by Crippen LogP contribution is -2.32. The van der Waals surface area contributed by atoms with Gasteiger partial charge >= 0.3 is 0 Å². The third kappa shape index (κ3) is 3.75. The van der Waals surface area contributed by atoms with Gasteiger partial charge in [-0.2, -0.15) is 5.10 Å². The lowest BCUT2D eigenvalue weighted by atomic mass is 9.92. The number of anilines is 2. The molecule has 3 aromatic carbocycles. The number of carbonyl (C=O) groups is 2. The smallest absolute Gasteiger partial charge is 0.256 e. The molecule has 2 fully saturated rings. The summed E-state index contributed by atoms with van der Waals surface area (Å²) in [6.07, 6.45) is 3.09. The first-order valence-electron chi connectivity index (χ1n) is 12.7. The molecule has 7 rings (SSSR count). The summed E-state index contributed by atoms with van der Waals surface area (Å²) in [5, 5.41) is 10.8. The molecule has 2 saturated carbocycles. The molecule has 0 bridgehead atoms. The van der Waals surface area contributed by atoms with Crippen LogP contribution >= 0.6 is 11.6 Å². The first-order valence-corrected chi connectivity index (χ1v) is 13.0. The van der Waals surface area contributed by atoms with Crippen LogP contribution in [0, 0.1) is 0 Å². The van der Waals surface area contributed by atoms with Gasteiger partial charge in [-0.3, -0.25) is 14.7 Å². The quantitative estimate of drug-likeness (QED) is 0.327. The van der Waals surface area contributed by atoms with E-state index in [-0.39, 0.29) is 17.7 Å². The number of halogens is 1. The van der Waals surface area contributed by atoms with E-state index in [0.717, 1.165) is 47.3 Å². The highest BCUT2D eigenvalue weighted by Crippen LogP contribution is 2.66. The number of nitrogens with one attached hydrogen (secondary N) is 2. The number of nitrogens with zero attached hydrogens (tertiary/aromatic N) is 2. The topological polar surface area (TPSA) is 78.1 Å². The Balaban J connectivity index is 1.13. The zero-order valence-electron chi connectivity index (χ0n) is 20.1. The predicted octanol–water partition coefficient (Wildman–Crippen LogP) is 6.16. The van der Waals surface area contributed by atoms with E-state index in [0.29, 0.717) is 28.9 Å². The maximum absolute atomic E-state index is 13.9. The Kier molecular flexibility index (Phi) is 5.01. The summed E-state index contributed by atoms with van der Waals surface area (Å²) < 4.78 is 0. The van der Waals surface area contributed by atoms with Gasteiger partial charge in [0, 0.05) is 34.2 Å². The van der Waals surface area contributed by atoms with Crippen molar-refractivity contribution in [3.8, 4) is 0 Å². The molecule has 2 aliphatic carbocycles. The average molecular weight is 509 g/mol. The minimum Gasteiger partial charge on any atom is -0.307 e. The second kappa shape index (κ2) is 8.32. The Morgan fingerprint density at radius 1 is 1.05 bits per heavy atom. The Labute approximate surface area is 219 Å². The van der Waals surface area contributed by atoms with Crippen LogP contribution in [0.4, 0.5) is 11.5 Å². The average Bonchev–Trinajstić information content (AvgIpc) is 3.83. The van der Waals surface area contributed by atoms with Gasteiger partial charge in [-0.1, -0.05) is 54.1 Å². The summed E-state index contributed by atoms with van der Waals surface area (Å²) in [5.74, 6) is 1.16. The molecule has 2 amide bonds. The maximum Gasteiger partial charge on any atom is 0.256 e. The highest BCUT2D eigenvalue weighted by atomic mass is 35.5. The first-order chi connectivity index (χ1) is 18.0. The normalized spacial score (nSPS) is 21.8. The van der Waals surface area contributed by atoms with E-state index in [4.69, 9.17) is 11.6 Å². The summed E-state index contributed by atoms with van der Waals surface area (Å²) in [6, 6.07) is 25.3. The van der Waals surface area contributed by atoms with Gasteiger partial charge < -0.3 is 10.2 Å². The zero-order valence-corrected chi connectivity index (χ0v) is 20.8. The van der Waals surface area contributed by atoms with E-state index in [9.17, 15) is 9.59 Å². The number of hydrogen-bond donors (Lipinski definition) is 2. The molecule has 1 spiro atoms. The van der Waals surface area contributed by atoms with E-state index in [1.807, 2.05) is 71.6 Å². The van der Waals surface area contributed by atoms with Gasteiger partial charge in [-0.05, 0) is 66.3 Å². The van der Waals surface area contributed by atoms with Crippen molar-refractivity contribution in [2.24, 2.45) is 0 Å². The number of benzene rings is 3. The molecule has 2 heterocycles. The Morgan fingerprint density at radius 3 is 2.68 bits per heavy atom. The first kappa shape index (κ1) is 22.3. The van der Waals surface area contributed by atoms with Gasteiger partial charge in [-0.15, -0.1) is 0 Å². The number of amides is 2. The van der Waals surface area contributed by atoms with Crippen molar-refractivity contribution in [3.05, 3.63) is 112 Å². The molecule has 2 N–H and O–H groups in total. The Bertz CT molecular complexity index is 1540. The van der Waals surface area contributed by atoms with Crippen LogP contribution in [-0.4, -0.2) is 22.0 Å². The summed E-state index contributed by atoms with van der Waals surface area (Å²) in [7, 11) is 0. The van der Waals surface area contributed by atoms with Gasteiger partial charge in [0.2, 0.25) is 5.91 Å². The van der Waals surface area contributed by atoms with Crippen LogP contribution in [0.3, 0.4) is 0 Å². The van der Waals surface area contributed by atoms with Crippen molar-refractivity contribution >= 4 is 34.9 Å². The highest BCUT2D eigenvalue weighted by Gasteiger charge is 2.67. The Morgan fingerprint density at radius 2 is 1.86 bits per heavy atom. The number of hydrogen-bond acceptors (Lipinski definition) is 3. The van der Waals surface area contributed by atoms with Crippen LogP contribution in [-0.2, 0) is 16.8 Å². The number of para-hydroxylation sites is 1. The molecule has 0 saturated heterocycles. The number of H-pyrrole nitrogens is 1. The van der Waals surface area contributed by atoms with Crippen LogP contribution < -0.4 is 10.2 Å². The second-order valence-corrected chi connectivity index (χ2v) is 10.8. The van der Waals surface area contributed by atoms with Gasteiger partial charge in [0.1, 0.15) is 5.82 Å². The van der Waals surface area contributed by atoms with E-state index >= 15 is 0 Å². The van der Waals surface area contributed by atoms with E-state index in [1.165, 1.54) is 0 Å². The molecule has 2 atom stereocenters. The minimum atomic E-state index is -0.528. The lowest BCUT2D eigenvalue weighted by molar-refractivity contribution is -0.120. The van der Waals surface area contributed by atoms with Gasteiger partial charge in [0.05, 0.1) is 17.7 Å². The fourth-order valence-corrected chi connectivity index (χ4v) is 5.91. The third-order valence-electron chi connectivity index (χ3n) is 7.91. The van der Waals surface area contributed by atoms with Crippen molar-refractivity contribution in [1.82, 2.24) is 10.2 Å².